The van der Waals surface area contributed by atoms with Crippen molar-refractivity contribution in [2.75, 3.05) is 19.8 Å². The van der Waals surface area contributed by atoms with E-state index in [1.165, 1.54) is 44.9 Å². The van der Waals surface area contributed by atoms with Crippen molar-refractivity contribution in [3.8, 4) is 0 Å². The number of unbranched alkanes of at least 4 members (excludes halogenated alkanes) is 9. The molecule has 0 aliphatic rings. The third-order valence-corrected chi connectivity index (χ3v) is 8.63. The topological polar surface area (TPSA) is 131 Å². The minimum atomic E-state index is -4.38. The molecule has 0 aromatic carbocycles. The molecule has 3 unspecified atom stereocenters. The van der Waals surface area contributed by atoms with Crippen LogP contribution in [0.3, 0.4) is 0 Å². The van der Waals surface area contributed by atoms with E-state index >= 15 is 0 Å². The molecule has 0 fully saturated rings. The summed E-state index contributed by atoms with van der Waals surface area (Å²) in [5, 5.41) is 13.5. The summed E-state index contributed by atoms with van der Waals surface area (Å²) in [6.07, 6.45) is 50.6. The SMILES string of the molecule is CC/C=C\C/C=C\C/C=C\C/C=C\C/C=C\CC(=O)NC(COP(=O)(O)OCCN)C(O)/C=C/CC/C=C/CC/C=C/CCCCCCCCC. The highest BCUT2D eigenvalue weighted by Gasteiger charge is 2.26. The standard InChI is InChI=1S/C42H71N2O6P/c1-3-5-7-9-11-13-15-17-19-20-22-23-25-27-29-31-33-35-41(45)40(39-50-51(47,48)49-38-37-43)44-42(46)36-34-32-30-28-26-24-21-18-16-14-12-10-8-6-4-2/h6,8,12,14,18-21,25-28,32-35,40-41,45H,3-5,7,9-11,13,15-17,22-24,29-31,36-39,43H2,1-2H3,(H,44,46)(H,47,48)/b8-6-,14-12-,20-19+,21-18-,27-25+,28-26-,34-32-,35-33+. The van der Waals surface area contributed by atoms with Crippen LogP contribution in [0, 0.1) is 0 Å². The number of rotatable bonds is 34. The van der Waals surface area contributed by atoms with E-state index < -0.39 is 26.6 Å². The average molecular weight is 731 g/mol. The van der Waals surface area contributed by atoms with Crippen molar-refractivity contribution in [1.29, 1.82) is 0 Å². The Hall–Kier alpha value is -2.58. The summed E-state index contributed by atoms with van der Waals surface area (Å²) >= 11 is 0. The first kappa shape index (κ1) is 48.4. The number of phosphoric acid groups is 1. The first-order valence-electron chi connectivity index (χ1n) is 19.4. The molecule has 0 rings (SSSR count). The molecule has 9 heteroatoms. The number of carbonyl (C=O) groups excluding carboxylic acids is 1. The van der Waals surface area contributed by atoms with Crippen molar-refractivity contribution in [3.05, 3.63) is 97.2 Å². The lowest BCUT2D eigenvalue weighted by Gasteiger charge is -2.23. The van der Waals surface area contributed by atoms with E-state index in [2.05, 4.69) is 86.0 Å². The van der Waals surface area contributed by atoms with Gasteiger partial charge in [-0.1, -0.05) is 150 Å². The largest absolute Gasteiger partial charge is 0.472 e. The molecule has 0 spiro atoms. The molecule has 0 heterocycles. The zero-order valence-electron chi connectivity index (χ0n) is 31.8. The van der Waals surface area contributed by atoms with Gasteiger partial charge in [0.1, 0.15) is 0 Å². The lowest BCUT2D eigenvalue weighted by Crippen LogP contribution is -2.45. The summed E-state index contributed by atoms with van der Waals surface area (Å²) in [7, 11) is -4.38. The van der Waals surface area contributed by atoms with Crippen molar-refractivity contribution < 1.29 is 28.4 Å². The molecule has 1 amide bonds. The van der Waals surface area contributed by atoms with Crippen molar-refractivity contribution in [3.63, 3.8) is 0 Å². The molecule has 0 aliphatic heterocycles. The molecule has 51 heavy (non-hydrogen) atoms. The summed E-state index contributed by atoms with van der Waals surface area (Å²) in [5.74, 6) is -0.340. The van der Waals surface area contributed by atoms with E-state index in [0.29, 0.717) is 12.8 Å². The van der Waals surface area contributed by atoms with Crippen LogP contribution in [0.2, 0.25) is 0 Å². The van der Waals surface area contributed by atoms with Gasteiger partial charge in [-0.05, 0) is 70.6 Å². The van der Waals surface area contributed by atoms with E-state index in [1.54, 1.807) is 12.2 Å². The molecular formula is C42H71N2O6P. The quantitative estimate of drug-likeness (QED) is 0.0294. The number of phosphoric ester groups is 1. The Labute approximate surface area is 311 Å². The highest BCUT2D eigenvalue weighted by Crippen LogP contribution is 2.43. The van der Waals surface area contributed by atoms with E-state index in [0.717, 1.165) is 51.4 Å². The summed E-state index contributed by atoms with van der Waals surface area (Å²) in [4.78, 5) is 22.5. The van der Waals surface area contributed by atoms with Crippen LogP contribution in [0.4, 0.5) is 0 Å². The monoisotopic (exact) mass is 731 g/mol. The van der Waals surface area contributed by atoms with Crippen molar-refractivity contribution >= 4 is 13.7 Å². The van der Waals surface area contributed by atoms with Gasteiger partial charge in [0.05, 0.1) is 25.4 Å². The van der Waals surface area contributed by atoms with Gasteiger partial charge in [-0.15, -0.1) is 0 Å². The fourth-order valence-corrected chi connectivity index (χ4v) is 5.52. The first-order valence-corrected chi connectivity index (χ1v) is 20.9. The first-order chi connectivity index (χ1) is 24.9. The van der Waals surface area contributed by atoms with Gasteiger partial charge < -0.3 is 21.1 Å². The van der Waals surface area contributed by atoms with E-state index in [4.69, 9.17) is 14.8 Å². The van der Waals surface area contributed by atoms with Crippen LogP contribution in [0.15, 0.2) is 97.2 Å². The Kier molecular flexibility index (Phi) is 35.3. The molecule has 5 N–H and O–H groups in total. The third kappa shape index (κ3) is 35.6. The minimum absolute atomic E-state index is 0.0527. The number of nitrogens with two attached hydrogens (primary N) is 1. The number of allylic oxidation sites excluding steroid dienone is 14. The number of aliphatic hydroxyl groups excluding tert-OH is 1. The Morgan fingerprint density at radius 2 is 1.16 bits per heavy atom. The molecular weight excluding hydrogens is 659 g/mol. The lowest BCUT2D eigenvalue weighted by molar-refractivity contribution is -0.122. The van der Waals surface area contributed by atoms with Gasteiger partial charge in [-0.25, -0.2) is 4.57 Å². The summed E-state index contributed by atoms with van der Waals surface area (Å²) in [6, 6.07) is -0.943. The minimum Gasteiger partial charge on any atom is -0.387 e. The number of hydrogen-bond acceptors (Lipinski definition) is 6. The molecule has 0 aliphatic carbocycles. The molecule has 8 nitrogen and oxygen atoms in total. The van der Waals surface area contributed by atoms with Gasteiger partial charge in [-0.2, -0.15) is 0 Å². The molecule has 290 valence electrons. The van der Waals surface area contributed by atoms with Crippen LogP contribution in [-0.2, 0) is 18.4 Å². The Bertz CT molecular complexity index is 1110. The summed E-state index contributed by atoms with van der Waals surface area (Å²) in [5.41, 5.74) is 5.35. The molecule has 0 aromatic heterocycles. The van der Waals surface area contributed by atoms with Gasteiger partial charge in [0.25, 0.3) is 0 Å². The predicted molar refractivity (Wildman–Crippen MR) is 216 cm³/mol. The molecule has 0 radical (unpaired) electrons. The van der Waals surface area contributed by atoms with Crippen LogP contribution >= 0.6 is 7.82 Å². The second-order valence-electron chi connectivity index (χ2n) is 12.4. The number of aliphatic hydroxyl groups is 1. The molecule has 0 aromatic rings. The lowest BCUT2D eigenvalue weighted by atomic mass is 10.1. The van der Waals surface area contributed by atoms with Crippen molar-refractivity contribution in [2.45, 2.75) is 142 Å². The molecule has 0 saturated heterocycles. The zero-order valence-corrected chi connectivity index (χ0v) is 32.7. The smallest absolute Gasteiger partial charge is 0.387 e. The highest BCUT2D eigenvalue weighted by atomic mass is 31.2. The summed E-state index contributed by atoms with van der Waals surface area (Å²) in [6.45, 7) is 3.87. The second kappa shape index (κ2) is 37.2. The summed E-state index contributed by atoms with van der Waals surface area (Å²) < 4.78 is 22.0. The van der Waals surface area contributed by atoms with E-state index in [1.807, 2.05) is 18.2 Å². The zero-order chi connectivity index (χ0) is 37.5. The number of nitrogens with one attached hydrogen (secondary N) is 1. The number of amides is 1. The Morgan fingerprint density at radius 3 is 1.71 bits per heavy atom. The van der Waals surface area contributed by atoms with Gasteiger partial charge in [0, 0.05) is 13.0 Å². The maximum Gasteiger partial charge on any atom is 0.472 e. The van der Waals surface area contributed by atoms with Crippen LogP contribution in [0.25, 0.3) is 0 Å². The van der Waals surface area contributed by atoms with Gasteiger partial charge in [-0.3, -0.25) is 13.8 Å². The number of carbonyl (C=O) groups is 1. The maximum absolute atomic E-state index is 12.6. The van der Waals surface area contributed by atoms with Gasteiger partial charge in [0.2, 0.25) is 5.91 Å². The fourth-order valence-electron chi connectivity index (χ4n) is 4.76. The fraction of sp³-hybridized carbons (Fsp3) is 0.595. The van der Waals surface area contributed by atoms with Crippen LogP contribution in [0.5, 0.6) is 0 Å². The van der Waals surface area contributed by atoms with Gasteiger partial charge >= 0.3 is 7.82 Å². The van der Waals surface area contributed by atoms with Crippen LogP contribution in [-0.4, -0.2) is 47.8 Å². The number of hydrogen-bond donors (Lipinski definition) is 4. The third-order valence-electron chi connectivity index (χ3n) is 7.65. The van der Waals surface area contributed by atoms with Crippen molar-refractivity contribution in [1.82, 2.24) is 5.32 Å². The Balaban J connectivity index is 4.56. The van der Waals surface area contributed by atoms with Crippen molar-refractivity contribution in [2.24, 2.45) is 5.73 Å². The molecule has 3 atom stereocenters. The second-order valence-corrected chi connectivity index (χ2v) is 13.9. The Morgan fingerprint density at radius 1 is 0.667 bits per heavy atom. The maximum atomic E-state index is 12.6. The van der Waals surface area contributed by atoms with Crippen LogP contribution < -0.4 is 11.1 Å². The normalized spacial score (nSPS) is 15.3. The predicted octanol–water partition coefficient (Wildman–Crippen LogP) is 10.4. The molecule has 0 saturated carbocycles. The molecule has 0 bridgehead atoms. The van der Waals surface area contributed by atoms with E-state index in [9.17, 15) is 19.4 Å². The van der Waals surface area contributed by atoms with E-state index in [-0.39, 0.29) is 25.5 Å². The average Bonchev–Trinajstić information content (AvgIpc) is 3.12. The highest BCUT2D eigenvalue weighted by molar-refractivity contribution is 7.47. The van der Waals surface area contributed by atoms with Crippen LogP contribution in [0.1, 0.15) is 129 Å². The van der Waals surface area contributed by atoms with Gasteiger partial charge in [0.15, 0.2) is 0 Å².